The van der Waals surface area contributed by atoms with Gasteiger partial charge in [0, 0.05) is 5.92 Å². The van der Waals surface area contributed by atoms with Crippen LogP contribution in [0.1, 0.15) is 19.3 Å². The molecule has 3 fully saturated rings. The molecule has 3 rings (SSSR count). The fourth-order valence-corrected chi connectivity index (χ4v) is 3.96. The monoisotopic (exact) mass is 352 g/mol. The van der Waals surface area contributed by atoms with Crippen LogP contribution < -0.4 is 0 Å². The highest BCUT2D eigenvalue weighted by Gasteiger charge is 2.55. The number of halogens is 4. The molecule has 0 spiro atoms. The Morgan fingerprint density at radius 1 is 1.25 bits per heavy atom. The van der Waals surface area contributed by atoms with Gasteiger partial charge in [-0.2, -0.15) is 13.2 Å². The van der Waals surface area contributed by atoms with Gasteiger partial charge >= 0.3 is 12.1 Å². The summed E-state index contributed by atoms with van der Waals surface area (Å²) in [7, 11) is 0. The van der Waals surface area contributed by atoms with E-state index in [0.717, 1.165) is 19.3 Å². The molecule has 1 saturated heterocycles. The maximum atomic E-state index is 12.7. The van der Waals surface area contributed by atoms with E-state index in [4.69, 9.17) is 9.47 Å². The van der Waals surface area contributed by atoms with Crippen molar-refractivity contribution < 1.29 is 36.6 Å². The van der Waals surface area contributed by atoms with Crippen molar-refractivity contribution in [1.29, 1.82) is 0 Å². The van der Waals surface area contributed by atoms with Gasteiger partial charge in [-0.25, -0.2) is 4.39 Å². The fraction of sp³-hybridized carbons (Fsp3) is 0.812. The minimum Gasteiger partial charge on any atom is -0.495 e. The molecule has 0 aromatic heterocycles. The number of hydrogen-bond donors (Lipinski definition) is 0. The first-order valence-electron chi connectivity index (χ1n) is 8.07. The van der Waals surface area contributed by atoms with Crippen LogP contribution in [0.15, 0.2) is 12.3 Å². The number of ether oxygens (including phenoxy) is 3. The van der Waals surface area contributed by atoms with Crippen LogP contribution in [0, 0.1) is 23.7 Å². The summed E-state index contributed by atoms with van der Waals surface area (Å²) in [5.41, 5.74) is 0. The first-order valence-corrected chi connectivity index (χ1v) is 8.07. The van der Waals surface area contributed by atoms with Crippen LogP contribution in [0.25, 0.3) is 0 Å². The van der Waals surface area contributed by atoms with Crippen LogP contribution in [0.2, 0.25) is 0 Å². The van der Waals surface area contributed by atoms with E-state index in [-0.39, 0.29) is 23.9 Å². The van der Waals surface area contributed by atoms with Gasteiger partial charge in [-0.15, -0.1) is 0 Å². The van der Waals surface area contributed by atoms with E-state index < -0.39 is 30.8 Å². The highest BCUT2D eigenvalue weighted by molar-refractivity contribution is 5.74. The Morgan fingerprint density at radius 2 is 1.88 bits per heavy atom. The Kier molecular flexibility index (Phi) is 4.77. The number of allylic oxidation sites excluding steroid dienone is 1. The van der Waals surface area contributed by atoms with E-state index in [1.807, 2.05) is 0 Å². The van der Waals surface area contributed by atoms with Gasteiger partial charge in [0.15, 0.2) is 0 Å². The molecule has 2 bridgehead atoms. The van der Waals surface area contributed by atoms with Gasteiger partial charge in [0.2, 0.25) is 6.10 Å². The largest absolute Gasteiger partial charge is 0.495 e. The molecule has 1 heterocycles. The Hall–Kier alpha value is -1.31. The van der Waals surface area contributed by atoms with E-state index >= 15 is 0 Å². The molecule has 0 aromatic carbocycles. The predicted octanol–water partition coefficient (Wildman–Crippen LogP) is 3.02. The highest BCUT2D eigenvalue weighted by Crippen LogP contribution is 2.55. The predicted molar refractivity (Wildman–Crippen MR) is 74.6 cm³/mol. The molecule has 2 aliphatic carbocycles. The maximum Gasteiger partial charge on any atom is 0.428 e. The summed E-state index contributed by atoms with van der Waals surface area (Å²) in [4.78, 5) is 12.3. The number of alkyl halides is 4. The summed E-state index contributed by atoms with van der Waals surface area (Å²) >= 11 is 0. The second-order valence-corrected chi connectivity index (χ2v) is 6.74. The molecular formula is C16H20F4O4. The van der Waals surface area contributed by atoms with E-state index in [9.17, 15) is 22.4 Å². The molecule has 0 radical (unpaired) electrons. The molecule has 3 aliphatic rings. The number of esters is 1. The number of epoxide rings is 1. The molecule has 2 saturated carbocycles. The van der Waals surface area contributed by atoms with Crippen molar-refractivity contribution in [2.24, 2.45) is 23.7 Å². The van der Waals surface area contributed by atoms with Crippen molar-refractivity contribution in [3.05, 3.63) is 12.3 Å². The smallest absolute Gasteiger partial charge is 0.428 e. The number of carbonyl (C=O) groups is 1. The molecule has 0 aromatic rings. The summed E-state index contributed by atoms with van der Waals surface area (Å²) in [5, 5.41) is 0. The zero-order chi connectivity index (χ0) is 17.5. The van der Waals surface area contributed by atoms with Crippen molar-refractivity contribution in [1.82, 2.24) is 0 Å². The third-order valence-electron chi connectivity index (χ3n) is 5.18. The molecule has 136 valence electrons. The SMILES string of the molecule is C=C(OCC1CO1)C1C2CCC(C2)C1C(=O)OC(CF)C(F)(F)F. The second kappa shape index (κ2) is 6.54. The molecule has 0 N–H and O–H groups in total. The zero-order valence-electron chi connectivity index (χ0n) is 13.1. The average molecular weight is 352 g/mol. The normalized spacial score (nSPS) is 35.6. The van der Waals surface area contributed by atoms with Gasteiger partial charge in [-0.3, -0.25) is 4.79 Å². The lowest BCUT2D eigenvalue weighted by atomic mass is 9.78. The van der Waals surface area contributed by atoms with E-state index in [1.54, 1.807) is 0 Å². The molecular weight excluding hydrogens is 332 g/mol. The fourth-order valence-electron chi connectivity index (χ4n) is 3.96. The molecule has 4 nitrogen and oxygen atoms in total. The number of rotatable bonds is 7. The lowest BCUT2D eigenvalue weighted by Crippen LogP contribution is -2.40. The van der Waals surface area contributed by atoms with Crippen molar-refractivity contribution in [2.75, 3.05) is 19.9 Å². The zero-order valence-corrected chi connectivity index (χ0v) is 13.1. The van der Waals surface area contributed by atoms with Gasteiger partial charge in [-0.1, -0.05) is 6.58 Å². The van der Waals surface area contributed by atoms with Gasteiger partial charge < -0.3 is 14.2 Å². The lowest BCUT2D eigenvalue weighted by molar-refractivity contribution is -0.227. The third-order valence-corrected chi connectivity index (χ3v) is 5.18. The Labute approximate surface area is 137 Å². The van der Waals surface area contributed by atoms with Crippen molar-refractivity contribution in [3.8, 4) is 0 Å². The first-order chi connectivity index (χ1) is 11.3. The van der Waals surface area contributed by atoms with Gasteiger partial charge in [0.25, 0.3) is 0 Å². The van der Waals surface area contributed by atoms with Gasteiger partial charge in [-0.05, 0) is 31.1 Å². The van der Waals surface area contributed by atoms with Crippen molar-refractivity contribution >= 4 is 5.97 Å². The van der Waals surface area contributed by atoms with E-state index in [1.165, 1.54) is 0 Å². The van der Waals surface area contributed by atoms with Crippen molar-refractivity contribution in [2.45, 2.75) is 37.6 Å². The topological polar surface area (TPSA) is 48.1 Å². The Bertz CT molecular complexity index is 503. The first kappa shape index (κ1) is 17.5. The van der Waals surface area contributed by atoms with Crippen LogP contribution in [-0.4, -0.2) is 44.2 Å². The third kappa shape index (κ3) is 3.53. The minimum atomic E-state index is -4.91. The highest BCUT2D eigenvalue weighted by atomic mass is 19.4. The van der Waals surface area contributed by atoms with Crippen molar-refractivity contribution in [3.63, 3.8) is 0 Å². The summed E-state index contributed by atoms with van der Waals surface area (Å²) in [6.45, 7) is 3.01. The summed E-state index contributed by atoms with van der Waals surface area (Å²) in [6, 6.07) is 0. The van der Waals surface area contributed by atoms with Gasteiger partial charge in [0.05, 0.1) is 18.3 Å². The molecule has 24 heavy (non-hydrogen) atoms. The lowest BCUT2D eigenvalue weighted by Gasteiger charge is -2.31. The van der Waals surface area contributed by atoms with Crippen LogP contribution in [0.5, 0.6) is 0 Å². The summed E-state index contributed by atoms with van der Waals surface area (Å²) in [5.74, 6) is -1.63. The second-order valence-electron chi connectivity index (χ2n) is 6.74. The molecule has 1 aliphatic heterocycles. The summed E-state index contributed by atoms with van der Waals surface area (Å²) in [6.07, 6.45) is -5.22. The van der Waals surface area contributed by atoms with Crippen LogP contribution >= 0.6 is 0 Å². The quantitative estimate of drug-likeness (QED) is 0.306. The molecule has 8 heteroatoms. The Morgan fingerprint density at radius 3 is 2.42 bits per heavy atom. The number of carbonyl (C=O) groups excluding carboxylic acids is 1. The molecule has 6 unspecified atom stereocenters. The molecule has 0 amide bonds. The average Bonchev–Trinajstić information content (AvgIpc) is 3.12. The Balaban J connectivity index is 1.66. The number of fused-ring (bicyclic) bond motifs is 2. The standard InChI is InChI=1S/C16H20F4O4/c1-8(22-6-11-7-23-11)13-9-2-3-10(4-9)14(13)15(21)24-12(5-17)16(18,19)20/h9-14H,1-7H2. The van der Waals surface area contributed by atoms with Crippen LogP contribution in [0.3, 0.4) is 0 Å². The van der Waals surface area contributed by atoms with Crippen LogP contribution in [-0.2, 0) is 19.0 Å². The maximum absolute atomic E-state index is 12.7. The summed E-state index contributed by atoms with van der Waals surface area (Å²) < 4.78 is 65.6. The number of hydrogen-bond acceptors (Lipinski definition) is 4. The minimum absolute atomic E-state index is 0.0203. The molecule has 6 atom stereocenters. The van der Waals surface area contributed by atoms with E-state index in [0.29, 0.717) is 19.0 Å². The van der Waals surface area contributed by atoms with Crippen LogP contribution in [0.4, 0.5) is 17.6 Å². The van der Waals surface area contributed by atoms with E-state index in [2.05, 4.69) is 11.3 Å². The van der Waals surface area contributed by atoms with Gasteiger partial charge in [0.1, 0.15) is 19.4 Å².